The van der Waals surface area contributed by atoms with E-state index in [0.717, 1.165) is 18.7 Å². The summed E-state index contributed by atoms with van der Waals surface area (Å²) in [5.74, 6) is 0.918. The molecule has 1 aliphatic heterocycles. The number of aliphatic hydroxyl groups excluding tert-OH is 1. The maximum Gasteiger partial charge on any atom is 0.127 e. The molecule has 1 aromatic carbocycles. The lowest BCUT2D eigenvalue weighted by Gasteiger charge is -2.29. The van der Waals surface area contributed by atoms with Gasteiger partial charge in [-0.3, -0.25) is 0 Å². The third kappa shape index (κ3) is 2.52. The highest BCUT2D eigenvalue weighted by molar-refractivity contribution is 5.37. The predicted octanol–water partition coefficient (Wildman–Crippen LogP) is 1.67. The highest BCUT2D eigenvalue weighted by Crippen LogP contribution is 2.26. The highest BCUT2D eigenvalue weighted by atomic mass is 16.5. The summed E-state index contributed by atoms with van der Waals surface area (Å²) >= 11 is 0. The predicted molar refractivity (Wildman–Crippen MR) is 71.0 cm³/mol. The Kier molecular flexibility index (Phi) is 3.52. The van der Waals surface area contributed by atoms with Gasteiger partial charge in [0.15, 0.2) is 0 Å². The van der Waals surface area contributed by atoms with Crippen molar-refractivity contribution in [1.82, 2.24) is 5.32 Å². The Morgan fingerprint density at radius 2 is 2.00 bits per heavy atom. The number of aliphatic hydroxyl groups is 1. The van der Waals surface area contributed by atoms with Crippen molar-refractivity contribution < 1.29 is 9.84 Å². The highest BCUT2D eigenvalue weighted by Gasteiger charge is 2.24. The van der Waals surface area contributed by atoms with E-state index in [1.54, 1.807) is 0 Å². The molecule has 1 saturated heterocycles. The number of nitrogens with one attached hydrogen (secondary N) is 1. The summed E-state index contributed by atoms with van der Waals surface area (Å²) in [4.78, 5) is 0. The fraction of sp³-hybridized carbons (Fsp3) is 0.600. The largest absolute Gasteiger partial charge is 0.488 e. The van der Waals surface area contributed by atoms with Crippen molar-refractivity contribution in [2.75, 3.05) is 13.1 Å². The zero-order chi connectivity index (χ0) is 12.4. The Morgan fingerprint density at radius 1 is 1.17 bits per heavy atom. The van der Waals surface area contributed by atoms with Gasteiger partial charge in [-0.25, -0.2) is 0 Å². The second-order valence-corrected chi connectivity index (χ2v) is 5.35. The van der Waals surface area contributed by atoms with Crippen LogP contribution in [0.5, 0.6) is 5.75 Å². The Hall–Kier alpha value is -1.06. The molecule has 3 nitrogen and oxygen atoms in total. The van der Waals surface area contributed by atoms with Crippen LogP contribution in [0, 0.1) is 0 Å². The van der Waals surface area contributed by atoms with Crippen molar-refractivity contribution >= 4 is 0 Å². The quantitative estimate of drug-likeness (QED) is 0.835. The van der Waals surface area contributed by atoms with Crippen LogP contribution >= 0.6 is 0 Å². The first-order chi connectivity index (χ1) is 8.83. The van der Waals surface area contributed by atoms with E-state index in [-0.39, 0.29) is 6.10 Å². The van der Waals surface area contributed by atoms with Gasteiger partial charge in [-0.2, -0.15) is 0 Å². The van der Waals surface area contributed by atoms with Crippen molar-refractivity contribution in [3.05, 3.63) is 29.3 Å². The van der Waals surface area contributed by atoms with Crippen LogP contribution in [-0.4, -0.2) is 30.4 Å². The molecule has 3 rings (SSSR count). The summed E-state index contributed by atoms with van der Waals surface area (Å²) in [7, 11) is 0. The van der Waals surface area contributed by atoms with Gasteiger partial charge in [0.05, 0.1) is 0 Å². The number of ether oxygens (including phenoxy) is 1. The minimum absolute atomic E-state index is 0.0621. The van der Waals surface area contributed by atoms with Crippen LogP contribution in [-0.2, 0) is 12.8 Å². The van der Waals surface area contributed by atoms with Gasteiger partial charge >= 0.3 is 0 Å². The summed E-state index contributed by atoms with van der Waals surface area (Å²) in [6.45, 7) is 1.56. The molecule has 0 spiro atoms. The van der Waals surface area contributed by atoms with Gasteiger partial charge in [-0.05, 0) is 61.9 Å². The summed E-state index contributed by atoms with van der Waals surface area (Å²) in [6, 6.07) is 6.42. The van der Waals surface area contributed by atoms with Crippen LogP contribution in [0.1, 0.15) is 30.4 Å². The molecule has 0 unspecified atom stereocenters. The minimum atomic E-state index is -0.394. The molecular weight excluding hydrogens is 226 g/mol. The lowest BCUT2D eigenvalue weighted by atomic mass is 9.92. The monoisotopic (exact) mass is 247 g/mol. The summed E-state index contributed by atoms with van der Waals surface area (Å²) < 4.78 is 5.94. The maximum atomic E-state index is 9.88. The van der Waals surface area contributed by atoms with Crippen LogP contribution in [0.4, 0.5) is 0 Å². The van der Waals surface area contributed by atoms with Crippen LogP contribution in [0.25, 0.3) is 0 Å². The average molecular weight is 247 g/mol. The lowest BCUT2D eigenvalue weighted by molar-refractivity contribution is 0.0162. The average Bonchev–Trinajstić information content (AvgIpc) is 2.41. The first-order valence-electron chi connectivity index (χ1n) is 7.00. The summed E-state index contributed by atoms with van der Waals surface area (Å²) in [6.07, 6.45) is 5.38. The van der Waals surface area contributed by atoms with Crippen molar-refractivity contribution in [1.29, 1.82) is 0 Å². The first-order valence-corrected chi connectivity index (χ1v) is 7.00. The van der Waals surface area contributed by atoms with Crippen molar-refractivity contribution in [3.63, 3.8) is 0 Å². The fourth-order valence-electron chi connectivity index (χ4n) is 2.91. The molecule has 2 N–H and O–H groups in total. The summed E-state index contributed by atoms with van der Waals surface area (Å²) in [5.41, 5.74) is 2.90. The third-order valence-electron chi connectivity index (χ3n) is 4.00. The van der Waals surface area contributed by atoms with Crippen LogP contribution in [0.2, 0.25) is 0 Å². The van der Waals surface area contributed by atoms with E-state index in [1.165, 1.54) is 36.8 Å². The Labute approximate surface area is 108 Å². The van der Waals surface area contributed by atoms with Gasteiger partial charge in [0.25, 0.3) is 0 Å². The van der Waals surface area contributed by atoms with E-state index < -0.39 is 6.10 Å². The van der Waals surface area contributed by atoms with E-state index in [0.29, 0.717) is 6.54 Å². The van der Waals surface area contributed by atoms with Gasteiger partial charge in [-0.15, -0.1) is 0 Å². The number of rotatable bonds is 2. The van der Waals surface area contributed by atoms with E-state index in [2.05, 4.69) is 23.5 Å². The van der Waals surface area contributed by atoms with Crippen molar-refractivity contribution in [2.45, 2.75) is 44.3 Å². The fourth-order valence-corrected chi connectivity index (χ4v) is 2.91. The van der Waals surface area contributed by atoms with Crippen LogP contribution < -0.4 is 10.1 Å². The number of aryl methyl sites for hydroxylation is 2. The minimum Gasteiger partial charge on any atom is -0.488 e. The normalized spacial score (nSPS) is 27.6. The Bertz CT molecular complexity index is 419. The number of hydrogen-bond donors (Lipinski definition) is 2. The molecule has 1 fully saturated rings. The molecule has 0 amide bonds. The molecule has 1 aromatic rings. The maximum absolute atomic E-state index is 9.88. The second-order valence-electron chi connectivity index (χ2n) is 5.35. The van der Waals surface area contributed by atoms with Gasteiger partial charge in [0.2, 0.25) is 0 Å². The number of piperidine rings is 1. The Morgan fingerprint density at radius 3 is 2.83 bits per heavy atom. The van der Waals surface area contributed by atoms with Crippen LogP contribution in [0.15, 0.2) is 18.2 Å². The molecule has 1 aliphatic carbocycles. The van der Waals surface area contributed by atoms with E-state index in [1.807, 2.05) is 0 Å². The molecule has 2 aliphatic rings. The Balaban J connectivity index is 1.72. The molecule has 3 heteroatoms. The lowest BCUT2D eigenvalue weighted by Crippen LogP contribution is -2.46. The third-order valence-corrected chi connectivity index (χ3v) is 4.00. The molecule has 0 aromatic heterocycles. The molecule has 0 saturated carbocycles. The smallest absolute Gasteiger partial charge is 0.127 e. The molecule has 0 radical (unpaired) electrons. The van der Waals surface area contributed by atoms with Crippen molar-refractivity contribution in [3.8, 4) is 5.75 Å². The first kappa shape index (κ1) is 12.0. The van der Waals surface area contributed by atoms with Gasteiger partial charge < -0.3 is 15.2 Å². The SMILES string of the molecule is O[C@@H]1CNCC[C@H]1Oc1ccc2c(c1)CCCC2. The number of benzene rings is 1. The van der Waals surface area contributed by atoms with E-state index >= 15 is 0 Å². The topological polar surface area (TPSA) is 41.5 Å². The molecule has 2 atom stereocenters. The standard InChI is InChI=1S/C15H21NO2/c17-14-10-16-8-7-15(14)18-13-6-5-11-3-1-2-4-12(11)9-13/h5-6,9,14-17H,1-4,7-8,10H2/t14-,15-/m1/s1. The summed E-state index contributed by atoms with van der Waals surface area (Å²) in [5, 5.41) is 13.1. The van der Waals surface area contributed by atoms with Gasteiger partial charge in [0, 0.05) is 6.54 Å². The van der Waals surface area contributed by atoms with Crippen molar-refractivity contribution in [2.24, 2.45) is 0 Å². The molecule has 98 valence electrons. The number of β-amino-alcohol motifs (C(OH)–C–C–N with tert-alkyl or cyclic N) is 1. The molecule has 1 heterocycles. The molecule has 0 bridgehead atoms. The number of fused-ring (bicyclic) bond motifs is 1. The van der Waals surface area contributed by atoms with Crippen LogP contribution in [0.3, 0.4) is 0 Å². The zero-order valence-corrected chi connectivity index (χ0v) is 10.7. The molecule has 18 heavy (non-hydrogen) atoms. The van der Waals surface area contributed by atoms with E-state index in [4.69, 9.17) is 4.74 Å². The van der Waals surface area contributed by atoms with Gasteiger partial charge in [-0.1, -0.05) is 6.07 Å². The number of hydrogen-bond acceptors (Lipinski definition) is 3. The molecular formula is C15H21NO2. The van der Waals surface area contributed by atoms with E-state index in [9.17, 15) is 5.11 Å². The second kappa shape index (κ2) is 5.29. The van der Waals surface area contributed by atoms with Gasteiger partial charge in [0.1, 0.15) is 18.0 Å². The zero-order valence-electron chi connectivity index (χ0n) is 10.7.